The number of aromatic nitrogens is 1. The van der Waals surface area contributed by atoms with Gasteiger partial charge >= 0.3 is 5.97 Å². The minimum absolute atomic E-state index is 0.272. The van der Waals surface area contributed by atoms with Crippen molar-refractivity contribution in [3.63, 3.8) is 0 Å². The molecule has 1 rings (SSSR count). The predicted octanol–water partition coefficient (Wildman–Crippen LogP) is 2.67. The van der Waals surface area contributed by atoms with Crippen LogP contribution in [0.4, 0.5) is 0 Å². The van der Waals surface area contributed by atoms with Crippen LogP contribution in [-0.2, 0) is 12.8 Å². The summed E-state index contributed by atoms with van der Waals surface area (Å²) in [5.41, 5.74) is 0.862. The summed E-state index contributed by atoms with van der Waals surface area (Å²) in [6, 6.07) is 0. The third-order valence-corrected chi connectivity index (χ3v) is 2.39. The molecule has 0 saturated carbocycles. The molecule has 4 nitrogen and oxygen atoms in total. The quantitative estimate of drug-likeness (QED) is 0.735. The number of carbonyl (C=O) groups is 1. The second kappa shape index (κ2) is 5.53. The van der Waals surface area contributed by atoms with Gasteiger partial charge in [-0.15, -0.1) is 0 Å². The highest BCUT2D eigenvalue weighted by atomic mass is 16.5. The smallest absolute Gasteiger partial charge is 0.341 e. The fraction of sp³-hybridized carbons (Fsp3) is 0.636. The second-order valence-corrected chi connectivity index (χ2v) is 3.54. The van der Waals surface area contributed by atoms with Gasteiger partial charge in [-0.1, -0.05) is 31.8 Å². The number of nitrogens with zero attached hydrogens (tertiary/aromatic N) is 1. The maximum atomic E-state index is 11.0. The van der Waals surface area contributed by atoms with E-state index in [9.17, 15) is 4.79 Å². The van der Waals surface area contributed by atoms with Gasteiger partial charge in [0.15, 0.2) is 5.76 Å². The number of hydrogen-bond donors (Lipinski definition) is 1. The van der Waals surface area contributed by atoms with Gasteiger partial charge in [-0.2, -0.15) is 0 Å². The number of aryl methyl sites for hydroxylation is 2. The lowest BCUT2D eigenvalue weighted by Gasteiger charge is -1.97. The standard InChI is InChI=1S/C11H17NO3/c1-3-5-6-7-8-10(11(13)14)9(4-2)15-12-8/h3-7H2,1-2H3,(H,13,14). The molecule has 4 heteroatoms. The van der Waals surface area contributed by atoms with Crippen molar-refractivity contribution in [3.8, 4) is 0 Å². The first-order chi connectivity index (χ1) is 7.20. The van der Waals surface area contributed by atoms with Crippen LogP contribution in [0.25, 0.3) is 0 Å². The first-order valence-electron chi connectivity index (χ1n) is 5.41. The lowest BCUT2D eigenvalue weighted by molar-refractivity contribution is 0.0693. The Balaban J connectivity index is 2.78. The average molecular weight is 211 g/mol. The monoisotopic (exact) mass is 211 g/mol. The molecule has 15 heavy (non-hydrogen) atoms. The fourth-order valence-electron chi connectivity index (χ4n) is 1.56. The molecule has 0 spiro atoms. The van der Waals surface area contributed by atoms with Crippen molar-refractivity contribution in [1.29, 1.82) is 0 Å². The lowest BCUT2D eigenvalue weighted by Crippen LogP contribution is -2.03. The molecule has 1 aromatic rings. The summed E-state index contributed by atoms with van der Waals surface area (Å²) >= 11 is 0. The van der Waals surface area contributed by atoms with Crippen LogP contribution < -0.4 is 0 Å². The zero-order valence-electron chi connectivity index (χ0n) is 9.25. The van der Waals surface area contributed by atoms with Crippen LogP contribution in [0.1, 0.15) is 54.9 Å². The largest absolute Gasteiger partial charge is 0.477 e. The maximum Gasteiger partial charge on any atom is 0.341 e. The Morgan fingerprint density at radius 2 is 2.13 bits per heavy atom. The molecule has 0 fully saturated rings. The van der Waals surface area contributed by atoms with E-state index < -0.39 is 5.97 Å². The molecule has 0 saturated heterocycles. The van der Waals surface area contributed by atoms with Gasteiger partial charge in [0.25, 0.3) is 0 Å². The number of carboxylic acid groups (broad SMARTS) is 1. The van der Waals surface area contributed by atoms with E-state index in [0.29, 0.717) is 24.3 Å². The van der Waals surface area contributed by atoms with Crippen molar-refractivity contribution >= 4 is 5.97 Å². The van der Waals surface area contributed by atoms with Gasteiger partial charge < -0.3 is 9.63 Å². The van der Waals surface area contributed by atoms with Gasteiger partial charge in [-0.3, -0.25) is 0 Å². The molecular formula is C11H17NO3. The van der Waals surface area contributed by atoms with E-state index in [-0.39, 0.29) is 5.56 Å². The average Bonchev–Trinajstić information content (AvgIpc) is 2.61. The van der Waals surface area contributed by atoms with Crippen molar-refractivity contribution in [2.75, 3.05) is 0 Å². The highest BCUT2D eigenvalue weighted by Crippen LogP contribution is 2.17. The normalized spacial score (nSPS) is 10.5. The maximum absolute atomic E-state index is 11.0. The Hall–Kier alpha value is -1.32. The first kappa shape index (κ1) is 11.8. The molecule has 1 aromatic heterocycles. The molecule has 0 aliphatic heterocycles. The van der Waals surface area contributed by atoms with Crippen LogP contribution >= 0.6 is 0 Å². The van der Waals surface area contributed by atoms with Crippen molar-refractivity contribution in [1.82, 2.24) is 5.16 Å². The summed E-state index contributed by atoms with van der Waals surface area (Å²) in [5, 5.41) is 12.8. The molecule has 1 N–H and O–H groups in total. The molecule has 0 atom stereocenters. The topological polar surface area (TPSA) is 63.3 Å². The van der Waals surface area contributed by atoms with Crippen LogP contribution in [0.3, 0.4) is 0 Å². The third-order valence-electron chi connectivity index (χ3n) is 2.39. The summed E-state index contributed by atoms with van der Waals surface area (Å²) in [7, 11) is 0. The summed E-state index contributed by atoms with van der Waals surface area (Å²) in [4.78, 5) is 11.0. The van der Waals surface area contributed by atoms with Gasteiger partial charge in [0, 0.05) is 6.42 Å². The molecule has 0 radical (unpaired) electrons. The van der Waals surface area contributed by atoms with Crippen molar-refractivity contribution in [2.24, 2.45) is 0 Å². The highest BCUT2D eigenvalue weighted by molar-refractivity contribution is 5.89. The van der Waals surface area contributed by atoms with Crippen LogP contribution in [0, 0.1) is 0 Å². The van der Waals surface area contributed by atoms with Gasteiger partial charge in [0.2, 0.25) is 0 Å². The highest BCUT2D eigenvalue weighted by Gasteiger charge is 2.20. The number of unbranched alkanes of at least 4 members (excludes halogenated alkanes) is 2. The van der Waals surface area contributed by atoms with Gasteiger partial charge in [-0.05, 0) is 12.8 Å². The van der Waals surface area contributed by atoms with Gasteiger partial charge in [-0.25, -0.2) is 4.79 Å². The Bertz CT molecular complexity index is 331. The van der Waals surface area contributed by atoms with Crippen molar-refractivity contribution < 1.29 is 14.4 Å². The zero-order valence-corrected chi connectivity index (χ0v) is 9.25. The second-order valence-electron chi connectivity index (χ2n) is 3.54. The van der Waals surface area contributed by atoms with Gasteiger partial charge in [0.05, 0.1) is 5.69 Å². The Labute approximate surface area is 89.3 Å². The predicted molar refractivity (Wildman–Crippen MR) is 56.1 cm³/mol. The van der Waals surface area contributed by atoms with E-state index in [0.717, 1.165) is 19.3 Å². The van der Waals surface area contributed by atoms with Crippen molar-refractivity contribution in [2.45, 2.75) is 46.0 Å². The van der Waals surface area contributed by atoms with Crippen LogP contribution in [0.2, 0.25) is 0 Å². The number of carboxylic acids is 1. The minimum Gasteiger partial charge on any atom is -0.477 e. The third kappa shape index (κ3) is 2.81. The van der Waals surface area contributed by atoms with E-state index in [1.54, 1.807) is 0 Å². The van der Waals surface area contributed by atoms with Crippen LogP contribution in [0.5, 0.6) is 0 Å². The summed E-state index contributed by atoms with van der Waals surface area (Å²) in [6.45, 7) is 3.97. The molecule has 0 aliphatic rings. The molecule has 1 heterocycles. The van der Waals surface area contributed by atoms with Gasteiger partial charge in [0.1, 0.15) is 5.56 Å². The van der Waals surface area contributed by atoms with E-state index >= 15 is 0 Å². The molecule has 0 aliphatic carbocycles. The van der Waals surface area contributed by atoms with E-state index in [1.807, 2.05) is 6.92 Å². The molecule has 0 bridgehead atoms. The summed E-state index contributed by atoms with van der Waals surface area (Å²) in [6.07, 6.45) is 4.43. The fourth-order valence-corrected chi connectivity index (χ4v) is 1.56. The number of rotatable bonds is 6. The SMILES string of the molecule is CCCCCc1noc(CC)c1C(=O)O. The molecular weight excluding hydrogens is 194 g/mol. The molecule has 0 amide bonds. The summed E-state index contributed by atoms with van der Waals surface area (Å²) < 4.78 is 5.01. The molecule has 0 aromatic carbocycles. The van der Waals surface area contributed by atoms with Crippen molar-refractivity contribution in [3.05, 3.63) is 17.0 Å². The van der Waals surface area contributed by atoms with Crippen LogP contribution in [0.15, 0.2) is 4.52 Å². The molecule has 0 unspecified atom stereocenters. The number of hydrogen-bond acceptors (Lipinski definition) is 3. The first-order valence-corrected chi connectivity index (χ1v) is 5.41. The lowest BCUT2D eigenvalue weighted by atomic mass is 10.1. The Morgan fingerprint density at radius 1 is 1.40 bits per heavy atom. The molecule has 84 valence electrons. The Kier molecular flexibility index (Phi) is 4.34. The van der Waals surface area contributed by atoms with E-state index in [1.165, 1.54) is 0 Å². The zero-order chi connectivity index (χ0) is 11.3. The Morgan fingerprint density at radius 3 is 2.67 bits per heavy atom. The summed E-state index contributed by atoms with van der Waals surface area (Å²) in [5.74, 6) is -0.450. The van der Waals surface area contributed by atoms with Crippen LogP contribution in [-0.4, -0.2) is 16.2 Å². The van der Waals surface area contributed by atoms with E-state index in [4.69, 9.17) is 9.63 Å². The van der Waals surface area contributed by atoms with E-state index in [2.05, 4.69) is 12.1 Å². The minimum atomic E-state index is -0.931. The number of aromatic carboxylic acids is 1.